The average Bonchev–Trinajstić information content (AvgIpc) is 3.97. The van der Waals surface area contributed by atoms with Crippen LogP contribution < -0.4 is 4.90 Å². The summed E-state index contributed by atoms with van der Waals surface area (Å²) in [6.45, 7) is 4.81. The number of hydrogen-bond donors (Lipinski definition) is 0. The molecule has 0 radical (unpaired) electrons. The molecule has 7 aromatic carbocycles. The normalized spacial score (nSPS) is 20.8. The zero-order valence-corrected chi connectivity index (χ0v) is 33.6. The first-order valence-electron chi connectivity index (χ1n) is 21.9. The van der Waals surface area contributed by atoms with Gasteiger partial charge in [-0.15, -0.1) is 0 Å². The van der Waals surface area contributed by atoms with Crippen molar-refractivity contribution in [3.05, 3.63) is 174 Å². The van der Waals surface area contributed by atoms with Gasteiger partial charge in [-0.25, -0.2) is 0 Å². The van der Waals surface area contributed by atoms with Gasteiger partial charge in [0.2, 0.25) is 0 Å². The van der Waals surface area contributed by atoms with Crippen LogP contribution in [0.25, 0.3) is 44.2 Å². The zero-order chi connectivity index (χ0) is 38.1. The highest BCUT2D eigenvalue weighted by Crippen LogP contribution is 2.55. The predicted molar refractivity (Wildman–Crippen MR) is 241 cm³/mol. The lowest BCUT2D eigenvalue weighted by Gasteiger charge is -2.31. The molecule has 1 heteroatoms. The Hall–Kier alpha value is -5.40. The molecule has 0 N–H and O–H groups in total. The lowest BCUT2D eigenvalue weighted by atomic mass is 9.81. The number of nitrogens with zero attached hydrogens (tertiary/aromatic N) is 1. The minimum absolute atomic E-state index is 0.118. The van der Waals surface area contributed by atoms with Crippen LogP contribution in [-0.2, 0) is 5.41 Å². The van der Waals surface area contributed by atoms with E-state index in [0.717, 1.165) is 11.8 Å². The number of fused-ring (bicyclic) bond motifs is 6. The molecule has 57 heavy (non-hydrogen) atoms. The summed E-state index contributed by atoms with van der Waals surface area (Å²) in [4.78, 5) is 2.55. The van der Waals surface area contributed by atoms with Crippen LogP contribution in [0.2, 0.25) is 0 Å². The van der Waals surface area contributed by atoms with Crippen molar-refractivity contribution in [2.45, 2.75) is 88.9 Å². The Bertz CT molecular complexity index is 2600. The average molecular weight is 740 g/mol. The van der Waals surface area contributed by atoms with Crippen molar-refractivity contribution < 1.29 is 0 Å². The highest BCUT2D eigenvalue weighted by atomic mass is 15.1. The topological polar surface area (TPSA) is 3.24 Å². The van der Waals surface area contributed by atoms with E-state index in [2.05, 4.69) is 170 Å². The van der Waals surface area contributed by atoms with Gasteiger partial charge >= 0.3 is 0 Å². The number of anilines is 3. The minimum Gasteiger partial charge on any atom is -0.310 e. The van der Waals surface area contributed by atoms with E-state index in [1.54, 1.807) is 0 Å². The third-order valence-corrected chi connectivity index (χ3v) is 14.7. The smallest absolute Gasteiger partial charge is 0.0543 e. The first-order valence-corrected chi connectivity index (χ1v) is 21.9. The van der Waals surface area contributed by atoms with E-state index in [1.165, 1.54) is 141 Å². The second kappa shape index (κ2) is 13.9. The Morgan fingerprint density at radius 2 is 1.21 bits per heavy atom. The molecule has 3 fully saturated rings. The molecular formula is C56H53N. The molecular weight excluding hydrogens is 687 g/mol. The van der Waals surface area contributed by atoms with Crippen LogP contribution in [0.5, 0.6) is 0 Å². The fourth-order valence-corrected chi connectivity index (χ4v) is 11.7. The van der Waals surface area contributed by atoms with Gasteiger partial charge in [0.15, 0.2) is 0 Å². The quantitative estimate of drug-likeness (QED) is 0.157. The molecule has 0 saturated heterocycles. The fraction of sp³-hybridized carbons (Fsp3) is 0.286. The van der Waals surface area contributed by atoms with Gasteiger partial charge in [0.25, 0.3) is 0 Å². The molecule has 0 amide bonds. The van der Waals surface area contributed by atoms with Gasteiger partial charge in [0, 0.05) is 22.4 Å². The highest BCUT2D eigenvalue weighted by molar-refractivity contribution is 5.97. The van der Waals surface area contributed by atoms with Crippen molar-refractivity contribution in [1.82, 2.24) is 0 Å². The Kier molecular flexibility index (Phi) is 8.50. The van der Waals surface area contributed by atoms with Crippen LogP contribution in [0.3, 0.4) is 0 Å². The van der Waals surface area contributed by atoms with Gasteiger partial charge in [0.05, 0.1) is 5.69 Å². The van der Waals surface area contributed by atoms with E-state index in [4.69, 9.17) is 0 Å². The van der Waals surface area contributed by atoms with E-state index in [1.807, 2.05) is 0 Å². The summed E-state index contributed by atoms with van der Waals surface area (Å²) in [7, 11) is 0. The van der Waals surface area contributed by atoms with Crippen LogP contribution in [0.4, 0.5) is 17.1 Å². The van der Waals surface area contributed by atoms with Gasteiger partial charge < -0.3 is 4.90 Å². The van der Waals surface area contributed by atoms with Crippen LogP contribution in [-0.4, -0.2) is 0 Å². The third-order valence-electron chi connectivity index (χ3n) is 14.7. The molecule has 0 spiro atoms. The van der Waals surface area contributed by atoms with Crippen molar-refractivity contribution in [3.8, 4) is 33.4 Å². The molecule has 3 unspecified atom stereocenters. The molecule has 4 aliphatic rings. The maximum atomic E-state index is 2.55. The Morgan fingerprint density at radius 3 is 1.98 bits per heavy atom. The van der Waals surface area contributed by atoms with E-state index in [9.17, 15) is 0 Å². The molecule has 3 atom stereocenters. The van der Waals surface area contributed by atoms with Crippen molar-refractivity contribution in [1.29, 1.82) is 0 Å². The maximum absolute atomic E-state index is 2.55. The summed E-state index contributed by atoms with van der Waals surface area (Å²) in [5.74, 6) is 3.20. The summed E-state index contributed by atoms with van der Waals surface area (Å²) < 4.78 is 0. The predicted octanol–water partition coefficient (Wildman–Crippen LogP) is 15.9. The first-order chi connectivity index (χ1) is 28.0. The lowest BCUT2D eigenvalue weighted by molar-refractivity contribution is 0.420. The molecule has 1 nitrogen and oxygen atoms in total. The third kappa shape index (κ3) is 6.05. The molecule has 11 rings (SSSR count). The molecule has 2 bridgehead atoms. The molecule has 7 aromatic rings. The first kappa shape index (κ1) is 34.8. The summed E-state index contributed by atoms with van der Waals surface area (Å²) in [6.07, 6.45) is 12.4. The zero-order valence-electron chi connectivity index (χ0n) is 33.6. The second-order valence-electron chi connectivity index (χ2n) is 18.4. The van der Waals surface area contributed by atoms with Gasteiger partial charge in [-0.1, -0.05) is 149 Å². The fourth-order valence-electron chi connectivity index (χ4n) is 11.7. The summed E-state index contributed by atoms with van der Waals surface area (Å²) in [5.41, 5.74) is 17.1. The Morgan fingerprint density at radius 1 is 0.474 bits per heavy atom. The van der Waals surface area contributed by atoms with E-state index in [0.29, 0.717) is 11.8 Å². The number of benzene rings is 7. The SMILES string of the molecule is CC1(C)c2ccccc2-c2cc(-c3ccc4ccccc4c3)c(N(c3ccc(-c4cccc(C5CCCCC5)c4)cc3)c3ccc(C4CC5CCC4C5)cc3)cc21. The minimum atomic E-state index is -0.118. The molecule has 0 heterocycles. The van der Waals surface area contributed by atoms with Crippen molar-refractivity contribution in [2.24, 2.45) is 11.8 Å². The van der Waals surface area contributed by atoms with E-state index in [-0.39, 0.29) is 5.41 Å². The van der Waals surface area contributed by atoms with Gasteiger partial charge in [0.1, 0.15) is 0 Å². The maximum Gasteiger partial charge on any atom is 0.0543 e. The highest BCUT2D eigenvalue weighted by Gasteiger charge is 2.40. The Balaban J connectivity index is 1.07. The molecule has 0 aromatic heterocycles. The van der Waals surface area contributed by atoms with Crippen molar-refractivity contribution in [3.63, 3.8) is 0 Å². The van der Waals surface area contributed by atoms with Crippen molar-refractivity contribution in [2.75, 3.05) is 4.90 Å². The van der Waals surface area contributed by atoms with Crippen LogP contribution in [0, 0.1) is 11.8 Å². The standard InChI is InChI=1S/C56H53N/c1-56(2)53-18-9-8-17-49(53)52-35-51(46-22-21-39-13-6-7-14-42(39)34-46)55(36-54(52)56)57(48-29-25-41(26-30-48)50-32-37-19-20-45(50)31-37)47-27-23-40(24-28-47)44-16-10-15-43(33-44)38-11-4-3-5-12-38/h6-10,13-18,21-30,33-38,45,50H,3-5,11-12,19-20,31-32H2,1-2H3. The molecule has 3 saturated carbocycles. The van der Waals surface area contributed by atoms with Crippen molar-refractivity contribution >= 4 is 27.8 Å². The van der Waals surface area contributed by atoms with E-state index >= 15 is 0 Å². The monoisotopic (exact) mass is 739 g/mol. The van der Waals surface area contributed by atoms with Gasteiger partial charge in [-0.3, -0.25) is 0 Å². The Labute approximate surface area is 339 Å². The summed E-state index contributed by atoms with van der Waals surface area (Å²) in [6, 6.07) is 58.5. The molecule has 4 aliphatic carbocycles. The van der Waals surface area contributed by atoms with Gasteiger partial charge in [-0.2, -0.15) is 0 Å². The van der Waals surface area contributed by atoms with Crippen LogP contribution in [0.15, 0.2) is 152 Å². The second-order valence-corrected chi connectivity index (χ2v) is 18.4. The number of rotatable bonds is 7. The van der Waals surface area contributed by atoms with E-state index < -0.39 is 0 Å². The summed E-state index contributed by atoms with van der Waals surface area (Å²) in [5, 5.41) is 2.54. The summed E-state index contributed by atoms with van der Waals surface area (Å²) >= 11 is 0. The van der Waals surface area contributed by atoms with Crippen LogP contribution >= 0.6 is 0 Å². The van der Waals surface area contributed by atoms with Crippen LogP contribution in [0.1, 0.15) is 106 Å². The largest absolute Gasteiger partial charge is 0.310 e. The lowest BCUT2D eigenvalue weighted by Crippen LogP contribution is -2.17. The van der Waals surface area contributed by atoms with Gasteiger partial charge in [-0.05, 0) is 159 Å². The number of hydrogen-bond acceptors (Lipinski definition) is 1. The molecule has 282 valence electrons. The molecule has 0 aliphatic heterocycles.